The van der Waals surface area contributed by atoms with E-state index in [2.05, 4.69) is 25.6 Å². The number of nitrogens with one attached hydrogen (secondary N) is 1. The lowest BCUT2D eigenvalue weighted by molar-refractivity contribution is 0.415. The van der Waals surface area contributed by atoms with Gasteiger partial charge < -0.3 is 15.0 Å². The Hall–Kier alpha value is -3.13. The second kappa shape index (κ2) is 7.71. The molecule has 9 heteroatoms. The van der Waals surface area contributed by atoms with Crippen molar-refractivity contribution in [2.24, 2.45) is 0 Å². The number of fused-ring (bicyclic) bond motifs is 3. The number of aromatic nitrogens is 5. The van der Waals surface area contributed by atoms with Crippen LogP contribution in [0.3, 0.4) is 0 Å². The van der Waals surface area contributed by atoms with E-state index in [-0.39, 0.29) is 0 Å². The number of ether oxygens (including phenoxy) is 1. The van der Waals surface area contributed by atoms with E-state index in [1.807, 2.05) is 61.2 Å². The number of rotatable bonds is 6. The number of hydrogen-bond acceptors (Lipinski definition) is 7. The predicted molar refractivity (Wildman–Crippen MR) is 116 cm³/mol. The summed E-state index contributed by atoms with van der Waals surface area (Å²) < 4.78 is 7.09. The van der Waals surface area contributed by atoms with Crippen molar-refractivity contribution in [3.8, 4) is 5.75 Å². The first-order chi connectivity index (χ1) is 14.0. The SMILES string of the molecule is CCn1ncc2c3c(NCc4ccc(OC)c(Cl)c4)nnc(N(C)C)c3cnc21. The van der Waals surface area contributed by atoms with Crippen LogP contribution in [0.1, 0.15) is 12.5 Å². The fourth-order valence-corrected chi connectivity index (χ4v) is 3.62. The lowest BCUT2D eigenvalue weighted by Gasteiger charge is -2.16. The zero-order valence-corrected chi connectivity index (χ0v) is 17.5. The smallest absolute Gasteiger partial charge is 0.160 e. The quantitative estimate of drug-likeness (QED) is 0.517. The Kier molecular flexibility index (Phi) is 5.10. The average Bonchev–Trinajstić information content (AvgIpc) is 3.15. The van der Waals surface area contributed by atoms with Gasteiger partial charge in [-0.3, -0.25) is 0 Å². The van der Waals surface area contributed by atoms with Crippen molar-refractivity contribution in [2.75, 3.05) is 31.4 Å². The van der Waals surface area contributed by atoms with E-state index < -0.39 is 0 Å². The summed E-state index contributed by atoms with van der Waals surface area (Å²) in [6, 6.07) is 5.70. The van der Waals surface area contributed by atoms with E-state index in [1.54, 1.807) is 7.11 Å². The maximum absolute atomic E-state index is 6.25. The molecule has 0 spiro atoms. The zero-order valence-electron chi connectivity index (χ0n) is 16.8. The van der Waals surface area contributed by atoms with Crippen molar-refractivity contribution in [1.29, 1.82) is 0 Å². The lowest BCUT2D eigenvalue weighted by Crippen LogP contribution is -2.13. The molecule has 0 radical (unpaired) electrons. The molecule has 0 aliphatic rings. The van der Waals surface area contributed by atoms with Gasteiger partial charge in [0.1, 0.15) is 5.75 Å². The summed E-state index contributed by atoms with van der Waals surface area (Å²) in [6.45, 7) is 3.33. The first-order valence-electron chi connectivity index (χ1n) is 9.28. The molecule has 8 nitrogen and oxygen atoms in total. The Morgan fingerprint density at radius 3 is 2.69 bits per heavy atom. The van der Waals surface area contributed by atoms with E-state index in [0.717, 1.165) is 39.7 Å². The lowest BCUT2D eigenvalue weighted by atomic mass is 10.1. The molecule has 3 heterocycles. The molecule has 0 amide bonds. The van der Waals surface area contributed by atoms with Crippen LogP contribution in [0, 0.1) is 0 Å². The minimum absolute atomic E-state index is 0.542. The molecule has 1 aromatic carbocycles. The minimum atomic E-state index is 0.542. The molecular formula is C20H22ClN7O. The fraction of sp³-hybridized carbons (Fsp3) is 0.300. The maximum atomic E-state index is 6.25. The molecule has 4 aromatic rings. The molecular weight excluding hydrogens is 390 g/mol. The molecule has 0 fully saturated rings. The van der Waals surface area contributed by atoms with Crippen LogP contribution in [0.15, 0.2) is 30.6 Å². The summed E-state index contributed by atoms with van der Waals surface area (Å²) in [5.41, 5.74) is 1.84. The summed E-state index contributed by atoms with van der Waals surface area (Å²) in [6.07, 6.45) is 3.68. The van der Waals surface area contributed by atoms with Gasteiger partial charge in [0.25, 0.3) is 0 Å². The first kappa shape index (κ1) is 19.2. The number of halogens is 1. The summed E-state index contributed by atoms with van der Waals surface area (Å²) in [5.74, 6) is 2.09. The fourth-order valence-electron chi connectivity index (χ4n) is 3.34. The highest BCUT2D eigenvalue weighted by Gasteiger charge is 2.17. The van der Waals surface area contributed by atoms with Gasteiger partial charge in [-0.15, -0.1) is 10.2 Å². The average molecular weight is 412 g/mol. The van der Waals surface area contributed by atoms with E-state index in [1.165, 1.54) is 0 Å². The number of hydrogen-bond donors (Lipinski definition) is 1. The second-order valence-electron chi connectivity index (χ2n) is 6.83. The molecule has 0 bridgehead atoms. The van der Waals surface area contributed by atoms with Gasteiger partial charge in [-0.05, 0) is 24.6 Å². The van der Waals surface area contributed by atoms with Crippen molar-refractivity contribution in [3.63, 3.8) is 0 Å². The zero-order chi connectivity index (χ0) is 20.5. The minimum Gasteiger partial charge on any atom is -0.495 e. The Bertz CT molecular complexity index is 1190. The number of pyridine rings is 1. The molecule has 150 valence electrons. The van der Waals surface area contributed by atoms with Crippen LogP contribution in [-0.4, -0.2) is 46.2 Å². The molecule has 3 aromatic heterocycles. The largest absolute Gasteiger partial charge is 0.495 e. The number of methoxy groups -OCH3 is 1. The highest BCUT2D eigenvalue weighted by atomic mass is 35.5. The van der Waals surface area contributed by atoms with Gasteiger partial charge >= 0.3 is 0 Å². The van der Waals surface area contributed by atoms with E-state index in [9.17, 15) is 0 Å². The van der Waals surface area contributed by atoms with E-state index >= 15 is 0 Å². The Morgan fingerprint density at radius 2 is 2.00 bits per heavy atom. The van der Waals surface area contributed by atoms with Gasteiger partial charge in [-0.25, -0.2) is 9.67 Å². The first-order valence-corrected chi connectivity index (χ1v) is 9.65. The molecule has 0 saturated carbocycles. The molecule has 0 unspecified atom stereocenters. The van der Waals surface area contributed by atoms with Crippen molar-refractivity contribution >= 4 is 45.0 Å². The standard InChI is InChI=1S/C20H22ClN7O/c1-5-28-19-14(11-24-28)17-13(10-23-19)20(27(2)3)26-25-18(17)22-9-12-6-7-16(29-4)15(21)8-12/h6-8,10-11H,5,9H2,1-4H3,(H,22,25). The van der Waals surface area contributed by atoms with Crippen LogP contribution >= 0.6 is 11.6 Å². The van der Waals surface area contributed by atoms with Gasteiger partial charge in [0, 0.05) is 44.2 Å². The van der Waals surface area contributed by atoms with E-state index in [4.69, 9.17) is 16.3 Å². The van der Waals surface area contributed by atoms with Gasteiger partial charge in [0.15, 0.2) is 17.3 Å². The van der Waals surface area contributed by atoms with Crippen LogP contribution < -0.4 is 15.0 Å². The summed E-state index contributed by atoms with van der Waals surface area (Å²) in [4.78, 5) is 6.55. The third kappa shape index (κ3) is 3.40. The number of anilines is 2. The van der Waals surface area contributed by atoms with Crippen molar-refractivity contribution in [1.82, 2.24) is 25.0 Å². The maximum Gasteiger partial charge on any atom is 0.160 e. The van der Waals surface area contributed by atoms with Gasteiger partial charge in [0.2, 0.25) is 0 Å². The van der Waals surface area contributed by atoms with Crippen LogP contribution in [0.5, 0.6) is 5.75 Å². The monoisotopic (exact) mass is 411 g/mol. The molecule has 0 atom stereocenters. The Labute approximate surface area is 173 Å². The van der Waals surface area contributed by atoms with Crippen LogP contribution in [0.2, 0.25) is 5.02 Å². The molecule has 0 aliphatic heterocycles. The Balaban J connectivity index is 1.80. The van der Waals surface area contributed by atoms with Crippen molar-refractivity contribution < 1.29 is 4.74 Å². The highest BCUT2D eigenvalue weighted by Crippen LogP contribution is 2.33. The van der Waals surface area contributed by atoms with E-state index in [0.29, 0.717) is 23.1 Å². The van der Waals surface area contributed by atoms with Crippen molar-refractivity contribution in [3.05, 3.63) is 41.2 Å². The summed E-state index contributed by atoms with van der Waals surface area (Å²) >= 11 is 6.25. The Morgan fingerprint density at radius 1 is 1.17 bits per heavy atom. The third-order valence-corrected chi connectivity index (χ3v) is 5.08. The predicted octanol–water partition coefficient (Wildman–Crippen LogP) is 3.73. The summed E-state index contributed by atoms with van der Waals surface area (Å²) in [5, 5.41) is 20.1. The molecule has 29 heavy (non-hydrogen) atoms. The van der Waals surface area contributed by atoms with Gasteiger partial charge in [0.05, 0.1) is 23.7 Å². The van der Waals surface area contributed by atoms with Gasteiger partial charge in [-0.1, -0.05) is 17.7 Å². The number of nitrogens with zero attached hydrogens (tertiary/aromatic N) is 6. The molecule has 1 N–H and O–H groups in total. The third-order valence-electron chi connectivity index (χ3n) is 4.79. The normalized spacial score (nSPS) is 11.2. The second-order valence-corrected chi connectivity index (χ2v) is 7.24. The number of aryl methyl sites for hydroxylation is 1. The number of benzene rings is 1. The highest BCUT2D eigenvalue weighted by molar-refractivity contribution is 6.32. The van der Waals surface area contributed by atoms with Crippen LogP contribution in [0.4, 0.5) is 11.6 Å². The topological polar surface area (TPSA) is 81.0 Å². The van der Waals surface area contributed by atoms with Gasteiger partial charge in [-0.2, -0.15) is 5.10 Å². The van der Waals surface area contributed by atoms with Crippen LogP contribution in [0.25, 0.3) is 21.8 Å². The van der Waals surface area contributed by atoms with Crippen LogP contribution in [-0.2, 0) is 13.1 Å². The molecule has 0 aliphatic carbocycles. The summed E-state index contributed by atoms with van der Waals surface area (Å²) in [7, 11) is 5.48. The molecule has 0 saturated heterocycles. The molecule has 4 rings (SSSR count). The van der Waals surface area contributed by atoms with Crippen molar-refractivity contribution in [2.45, 2.75) is 20.0 Å².